The van der Waals surface area contributed by atoms with Crippen molar-refractivity contribution in [2.75, 3.05) is 19.6 Å². The zero-order valence-electron chi connectivity index (χ0n) is 29.5. The average Bonchev–Trinajstić information content (AvgIpc) is 3.12. The molecule has 0 saturated carbocycles. The van der Waals surface area contributed by atoms with E-state index in [1.54, 1.807) is 0 Å². The molecule has 4 atom stereocenters. The van der Waals surface area contributed by atoms with Crippen molar-refractivity contribution in [1.29, 1.82) is 0 Å². The number of hydrogen-bond acceptors (Lipinski definition) is 5. The van der Waals surface area contributed by atoms with Crippen molar-refractivity contribution in [3.8, 4) is 11.1 Å². The number of nitrogens with two attached hydrogens (primary N) is 1. The van der Waals surface area contributed by atoms with Crippen molar-refractivity contribution in [2.45, 2.75) is 129 Å². The molecular weight excluding hydrogens is 580 g/mol. The van der Waals surface area contributed by atoms with Crippen LogP contribution in [0.1, 0.15) is 132 Å². The van der Waals surface area contributed by atoms with Crippen LogP contribution in [-0.4, -0.2) is 35.7 Å². The van der Waals surface area contributed by atoms with E-state index in [2.05, 4.69) is 86.3 Å². The highest BCUT2D eigenvalue weighted by atomic mass is 16.7. The fourth-order valence-corrected chi connectivity index (χ4v) is 6.82. The summed E-state index contributed by atoms with van der Waals surface area (Å²) in [5, 5.41) is 9.66. The van der Waals surface area contributed by atoms with Gasteiger partial charge in [-0.1, -0.05) is 152 Å². The number of benzene rings is 3. The Hall–Kier alpha value is -2.54. The van der Waals surface area contributed by atoms with Crippen LogP contribution >= 0.6 is 0 Å². The van der Waals surface area contributed by atoms with Crippen molar-refractivity contribution in [3.05, 3.63) is 95.1 Å². The Morgan fingerprint density at radius 2 is 1.26 bits per heavy atom. The van der Waals surface area contributed by atoms with Gasteiger partial charge in [-0.05, 0) is 59.8 Å². The highest BCUT2D eigenvalue weighted by molar-refractivity contribution is 5.64. The Morgan fingerprint density at radius 3 is 1.85 bits per heavy atom. The molecule has 0 spiro atoms. The monoisotopic (exact) mass is 642 g/mol. The fraction of sp³-hybridized carbons (Fsp3) is 0.571. The van der Waals surface area contributed by atoms with Crippen LogP contribution in [0.4, 0.5) is 0 Å². The quantitative estimate of drug-likeness (QED) is 0.113. The topological polar surface area (TPSA) is 68.0 Å². The van der Waals surface area contributed by atoms with E-state index in [9.17, 15) is 5.11 Å². The number of nitrogens with zero attached hydrogens (tertiary/aromatic N) is 1. The second-order valence-corrected chi connectivity index (χ2v) is 13.7. The number of aliphatic hydroxyl groups is 1. The van der Waals surface area contributed by atoms with Gasteiger partial charge in [0.25, 0.3) is 0 Å². The SMILES string of the molecule is CCCCCCCCN(CCCCCCCC)C[C@@H]1O[C@H](c2ccc(-c3cccc(CN)c3)cc2)O[C@H](c2ccc(CO)cc2)[C@@H]1C. The lowest BCUT2D eigenvalue weighted by Gasteiger charge is -2.43. The van der Waals surface area contributed by atoms with Gasteiger partial charge in [-0.3, -0.25) is 0 Å². The summed E-state index contributed by atoms with van der Waals surface area (Å²) in [5.41, 5.74) is 12.5. The van der Waals surface area contributed by atoms with Crippen molar-refractivity contribution in [1.82, 2.24) is 4.90 Å². The molecule has 5 nitrogen and oxygen atoms in total. The summed E-state index contributed by atoms with van der Waals surface area (Å²) in [4.78, 5) is 2.68. The summed E-state index contributed by atoms with van der Waals surface area (Å²) in [5.74, 6) is 0.182. The van der Waals surface area contributed by atoms with Gasteiger partial charge in [0.15, 0.2) is 6.29 Å². The summed E-state index contributed by atoms with van der Waals surface area (Å²) >= 11 is 0. The number of hydrogen-bond donors (Lipinski definition) is 2. The molecule has 47 heavy (non-hydrogen) atoms. The molecule has 1 saturated heterocycles. The lowest BCUT2D eigenvalue weighted by Crippen LogP contribution is -2.45. The Balaban J connectivity index is 1.51. The molecule has 3 aromatic rings. The van der Waals surface area contributed by atoms with Gasteiger partial charge in [-0.25, -0.2) is 0 Å². The lowest BCUT2D eigenvalue weighted by molar-refractivity contribution is -0.276. The largest absolute Gasteiger partial charge is 0.392 e. The van der Waals surface area contributed by atoms with Gasteiger partial charge in [0.05, 0.1) is 18.8 Å². The Bertz CT molecular complexity index is 1250. The van der Waals surface area contributed by atoms with Crippen LogP contribution < -0.4 is 5.73 Å². The van der Waals surface area contributed by atoms with Crippen molar-refractivity contribution >= 4 is 0 Å². The van der Waals surface area contributed by atoms with Gasteiger partial charge in [0.2, 0.25) is 0 Å². The number of rotatable bonds is 21. The maximum absolute atomic E-state index is 9.66. The van der Waals surface area contributed by atoms with Gasteiger partial charge < -0.3 is 25.2 Å². The number of unbranched alkanes of at least 4 members (excludes halogenated alkanes) is 10. The first kappa shape index (κ1) is 37.3. The van der Waals surface area contributed by atoms with E-state index in [1.807, 2.05) is 12.1 Å². The first-order chi connectivity index (χ1) is 23.1. The maximum Gasteiger partial charge on any atom is 0.184 e. The normalized spacial score (nSPS) is 19.8. The van der Waals surface area contributed by atoms with Gasteiger partial charge in [-0.2, -0.15) is 0 Å². The molecule has 0 radical (unpaired) electrons. The summed E-state index contributed by atoms with van der Waals surface area (Å²) in [6.45, 7) is 10.6. The van der Waals surface area contributed by atoms with Crippen molar-refractivity contribution < 1.29 is 14.6 Å². The van der Waals surface area contributed by atoms with Gasteiger partial charge in [-0.15, -0.1) is 0 Å². The zero-order valence-corrected chi connectivity index (χ0v) is 29.5. The average molecular weight is 643 g/mol. The summed E-state index contributed by atoms with van der Waals surface area (Å²) in [6.07, 6.45) is 15.2. The molecule has 0 unspecified atom stereocenters. The van der Waals surface area contributed by atoms with Crippen LogP contribution in [0.2, 0.25) is 0 Å². The first-order valence-corrected chi connectivity index (χ1v) is 18.7. The Kier molecular flexibility index (Phi) is 16.5. The van der Waals surface area contributed by atoms with Gasteiger partial charge in [0, 0.05) is 24.6 Å². The zero-order chi connectivity index (χ0) is 33.3. The molecular formula is C42H62N2O3. The van der Waals surface area contributed by atoms with Crippen molar-refractivity contribution in [2.24, 2.45) is 11.7 Å². The molecule has 1 aliphatic rings. The minimum Gasteiger partial charge on any atom is -0.392 e. The van der Waals surface area contributed by atoms with E-state index < -0.39 is 6.29 Å². The highest BCUT2D eigenvalue weighted by Crippen LogP contribution is 2.42. The molecule has 1 heterocycles. The van der Waals surface area contributed by atoms with E-state index in [0.29, 0.717) is 6.54 Å². The third-order valence-corrected chi connectivity index (χ3v) is 9.90. The van der Waals surface area contributed by atoms with Crippen LogP contribution in [0.25, 0.3) is 11.1 Å². The predicted molar refractivity (Wildman–Crippen MR) is 196 cm³/mol. The van der Waals surface area contributed by atoms with E-state index in [1.165, 1.54) is 82.6 Å². The summed E-state index contributed by atoms with van der Waals surface area (Å²) in [6, 6.07) is 25.3. The molecule has 1 aliphatic heterocycles. The Morgan fingerprint density at radius 1 is 0.660 bits per heavy atom. The smallest absolute Gasteiger partial charge is 0.184 e. The Labute approximate surface area is 285 Å². The molecule has 4 rings (SSSR count). The van der Waals surface area contributed by atoms with Crippen molar-refractivity contribution in [3.63, 3.8) is 0 Å². The maximum atomic E-state index is 9.66. The van der Waals surface area contributed by atoms with Crippen LogP contribution in [0.15, 0.2) is 72.8 Å². The standard InChI is InChI=1S/C42H62N2O3/c1-4-6-8-10-12-14-27-44(28-15-13-11-9-7-5-2)31-40-33(3)41(37-21-19-34(32-45)20-22-37)47-42(46-40)38-25-23-36(24-26-38)39-18-16-17-35(29-39)30-43/h16-26,29,33,40-42,45H,4-15,27-28,30-32,43H2,1-3H3/t33-,40+,41+,42+/m1/s1. The molecule has 0 aromatic heterocycles. The number of ether oxygens (including phenoxy) is 2. The van der Waals surface area contributed by atoms with E-state index in [4.69, 9.17) is 15.2 Å². The van der Waals surface area contributed by atoms with E-state index in [0.717, 1.165) is 47.5 Å². The summed E-state index contributed by atoms with van der Waals surface area (Å²) in [7, 11) is 0. The third kappa shape index (κ3) is 11.8. The van der Waals surface area contributed by atoms with Gasteiger partial charge in [0.1, 0.15) is 0 Å². The molecule has 5 heteroatoms. The third-order valence-electron chi connectivity index (χ3n) is 9.90. The van der Waals surface area contributed by atoms with Crippen LogP contribution in [0.3, 0.4) is 0 Å². The molecule has 1 fully saturated rings. The molecule has 0 aliphatic carbocycles. The second-order valence-electron chi connectivity index (χ2n) is 13.7. The van der Waals surface area contributed by atoms with Crippen LogP contribution in [0, 0.1) is 5.92 Å². The molecule has 258 valence electrons. The number of aliphatic hydroxyl groups excluding tert-OH is 1. The summed E-state index contributed by atoms with van der Waals surface area (Å²) < 4.78 is 13.7. The fourth-order valence-electron chi connectivity index (χ4n) is 6.82. The molecule has 3 aromatic carbocycles. The minimum absolute atomic E-state index is 0.0392. The molecule has 0 amide bonds. The first-order valence-electron chi connectivity index (χ1n) is 18.7. The van der Waals surface area contributed by atoms with Crippen LogP contribution in [-0.2, 0) is 22.6 Å². The minimum atomic E-state index is -0.451. The predicted octanol–water partition coefficient (Wildman–Crippen LogP) is 10.1. The van der Waals surface area contributed by atoms with E-state index in [-0.39, 0.29) is 24.7 Å². The van der Waals surface area contributed by atoms with Crippen LogP contribution in [0.5, 0.6) is 0 Å². The molecule has 0 bridgehead atoms. The molecule has 3 N–H and O–H groups in total. The van der Waals surface area contributed by atoms with Gasteiger partial charge >= 0.3 is 0 Å². The highest BCUT2D eigenvalue weighted by Gasteiger charge is 2.39. The lowest BCUT2D eigenvalue weighted by atomic mass is 9.89. The van der Waals surface area contributed by atoms with E-state index >= 15 is 0 Å². The second kappa shape index (κ2) is 20.7.